The van der Waals surface area contributed by atoms with Crippen LogP contribution in [0.3, 0.4) is 0 Å². The van der Waals surface area contributed by atoms with E-state index < -0.39 is 0 Å². The number of benzene rings is 2. The molecule has 31 heavy (non-hydrogen) atoms. The lowest BCUT2D eigenvalue weighted by molar-refractivity contribution is -0.123. The van der Waals surface area contributed by atoms with Gasteiger partial charge in [0, 0.05) is 18.3 Å². The van der Waals surface area contributed by atoms with Crippen molar-refractivity contribution in [3.63, 3.8) is 0 Å². The van der Waals surface area contributed by atoms with Gasteiger partial charge in [-0.05, 0) is 61.4 Å². The molecule has 0 aliphatic carbocycles. The molecule has 166 valence electrons. The zero-order valence-corrected chi connectivity index (χ0v) is 18.3. The van der Waals surface area contributed by atoms with Gasteiger partial charge in [-0.3, -0.25) is 9.59 Å². The molecule has 7 heteroatoms. The molecule has 0 atom stereocenters. The van der Waals surface area contributed by atoms with Crippen LogP contribution >= 0.6 is 0 Å². The molecule has 0 radical (unpaired) electrons. The van der Waals surface area contributed by atoms with Crippen LogP contribution in [0.1, 0.15) is 32.3 Å². The summed E-state index contributed by atoms with van der Waals surface area (Å²) in [5.41, 5.74) is 1.45. The minimum atomic E-state index is -0.266. The minimum absolute atomic E-state index is 0.0474. The SMILES string of the molecule is CCCCOc1ccc(/C=C/C(=O)Nc2ccc(OCC(=O)NCC)cc2)cc1OC. The van der Waals surface area contributed by atoms with Crippen molar-refractivity contribution in [3.05, 3.63) is 54.1 Å². The van der Waals surface area contributed by atoms with E-state index >= 15 is 0 Å². The standard InChI is InChI=1S/C24H30N2O5/c1-4-6-15-30-21-13-7-18(16-22(21)29-3)8-14-23(27)26-19-9-11-20(12-10-19)31-17-24(28)25-5-2/h7-14,16H,4-6,15,17H2,1-3H3,(H,25,28)(H,26,27)/b14-8+. The van der Waals surface area contributed by atoms with Crippen LogP contribution in [0.15, 0.2) is 48.5 Å². The molecule has 2 aromatic carbocycles. The van der Waals surface area contributed by atoms with E-state index in [-0.39, 0.29) is 18.4 Å². The second-order valence-corrected chi connectivity index (χ2v) is 6.70. The van der Waals surface area contributed by atoms with E-state index in [1.165, 1.54) is 6.08 Å². The largest absolute Gasteiger partial charge is 0.493 e. The lowest BCUT2D eigenvalue weighted by atomic mass is 10.2. The molecule has 0 saturated heterocycles. The molecule has 2 amide bonds. The molecule has 0 aliphatic rings. The topological polar surface area (TPSA) is 85.9 Å². The summed E-state index contributed by atoms with van der Waals surface area (Å²) in [7, 11) is 1.59. The maximum Gasteiger partial charge on any atom is 0.257 e. The second kappa shape index (κ2) is 13.0. The van der Waals surface area contributed by atoms with E-state index in [4.69, 9.17) is 14.2 Å². The Balaban J connectivity index is 1.89. The highest BCUT2D eigenvalue weighted by Crippen LogP contribution is 2.28. The summed E-state index contributed by atoms with van der Waals surface area (Å²) in [4.78, 5) is 23.6. The number of hydrogen-bond acceptors (Lipinski definition) is 5. The first-order chi connectivity index (χ1) is 15.0. The summed E-state index contributed by atoms with van der Waals surface area (Å²) >= 11 is 0. The first-order valence-electron chi connectivity index (χ1n) is 10.3. The quantitative estimate of drug-likeness (QED) is 0.395. The van der Waals surface area contributed by atoms with Gasteiger partial charge in [0.2, 0.25) is 5.91 Å². The first kappa shape index (κ1) is 23.8. The molecule has 0 saturated carbocycles. The lowest BCUT2D eigenvalue weighted by Gasteiger charge is -2.11. The lowest BCUT2D eigenvalue weighted by Crippen LogP contribution is -2.28. The number of carbonyl (C=O) groups is 2. The first-order valence-corrected chi connectivity index (χ1v) is 10.3. The zero-order chi connectivity index (χ0) is 22.5. The maximum absolute atomic E-state index is 12.2. The minimum Gasteiger partial charge on any atom is -0.493 e. The number of likely N-dealkylation sites (N-methyl/N-ethyl adjacent to an activating group) is 1. The monoisotopic (exact) mass is 426 g/mol. The van der Waals surface area contributed by atoms with Crippen molar-refractivity contribution < 1.29 is 23.8 Å². The molecule has 2 aromatic rings. The average Bonchev–Trinajstić information content (AvgIpc) is 2.78. The predicted molar refractivity (Wildman–Crippen MR) is 122 cm³/mol. The Morgan fingerprint density at radius 2 is 1.77 bits per heavy atom. The van der Waals surface area contributed by atoms with Crippen molar-refractivity contribution in [1.82, 2.24) is 5.32 Å². The summed E-state index contributed by atoms with van der Waals surface area (Å²) in [6.45, 7) is 5.10. The highest BCUT2D eigenvalue weighted by molar-refractivity contribution is 6.02. The van der Waals surface area contributed by atoms with Gasteiger partial charge in [-0.25, -0.2) is 0 Å². The van der Waals surface area contributed by atoms with Crippen LogP contribution in [0.25, 0.3) is 6.08 Å². The number of anilines is 1. The Hall–Kier alpha value is -3.48. The summed E-state index contributed by atoms with van der Waals surface area (Å²) in [5.74, 6) is 1.42. The Kier molecular flexibility index (Phi) is 9.94. The number of hydrogen-bond donors (Lipinski definition) is 2. The van der Waals surface area contributed by atoms with Gasteiger partial charge in [0.15, 0.2) is 18.1 Å². The van der Waals surface area contributed by atoms with Crippen molar-refractivity contribution in [2.24, 2.45) is 0 Å². The number of rotatable bonds is 12. The molecule has 2 rings (SSSR count). The third-order valence-corrected chi connectivity index (χ3v) is 4.24. The molecule has 0 unspecified atom stereocenters. The molecule has 0 aliphatic heterocycles. The predicted octanol–water partition coefficient (Wildman–Crippen LogP) is 4.04. The van der Waals surface area contributed by atoms with Crippen molar-refractivity contribution in [1.29, 1.82) is 0 Å². The van der Waals surface area contributed by atoms with E-state index in [1.54, 1.807) is 37.5 Å². The highest BCUT2D eigenvalue weighted by Gasteiger charge is 2.06. The normalized spacial score (nSPS) is 10.5. The Morgan fingerprint density at radius 1 is 1.00 bits per heavy atom. The van der Waals surface area contributed by atoms with Crippen LogP contribution in [-0.2, 0) is 9.59 Å². The van der Waals surface area contributed by atoms with Crippen molar-refractivity contribution >= 4 is 23.6 Å². The number of nitrogens with one attached hydrogen (secondary N) is 2. The third kappa shape index (κ3) is 8.42. The fourth-order valence-corrected chi connectivity index (χ4v) is 2.62. The smallest absolute Gasteiger partial charge is 0.257 e. The summed E-state index contributed by atoms with van der Waals surface area (Å²) in [5, 5.41) is 5.44. The summed E-state index contributed by atoms with van der Waals surface area (Å²) in [6.07, 6.45) is 5.19. The molecule has 0 bridgehead atoms. The van der Waals surface area contributed by atoms with Crippen LogP contribution in [0.4, 0.5) is 5.69 Å². The Morgan fingerprint density at radius 3 is 2.45 bits per heavy atom. The Labute approximate surface area is 183 Å². The van der Waals surface area contributed by atoms with Gasteiger partial charge < -0.3 is 24.8 Å². The van der Waals surface area contributed by atoms with E-state index in [0.29, 0.717) is 36.1 Å². The third-order valence-electron chi connectivity index (χ3n) is 4.24. The second-order valence-electron chi connectivity index (χ2n) is 6.70. The van der Waals surface area contributed by atoms with Crippen molar-refractivity contribution in [2.75, 3.05) is 32.2 Å². The van der Waals surface area contributed by atoms with Crippen LogP contribution in [0.5, 0.6) is 17.2 Å². The number of ether oxygens (including phenoxy) is 3. The molecule has 0 aromatic heterocycles. The highest BCUT2D eigenvalue weighted by atomic mass is 16.5. The molecule has 0 fully saturated rings. The number of amides is 2. The molecule has 2 N–H and O–H groups in total. The van der Waals surface area contributed by atoms with Gasteiger partial charge in [-0.2, -0.15) is 0 Å². The molecular formula is C24H30N2O5. The van der Waals surface area contributed by atoms with Crippen molar-refractivity contribution in [2.45, 2.75) is 26.7 Å². The van der Waals surface area contributed by atoms with Gasteiger partial charge in [0.1, 0.15) is 5.75 Å². The van der Waals surface area contributed by atoms with E-state index in [1.807, 2.05) is 25.1 Å². The zero-order valence-electron chi connectivity index (χ0n) is 18.3. The van der Waals surface area contributed by atoms with Gasteiger partial charge >= 0.3 is 0 Å². The van der Waals surface area contributed by atoms with Gasteiger partial charge in [-0.15, -0.1) is 0 Å². The number of unbranched alkanes of at least 4 members (excludes halogenated alkanes) is 1. The molecule has 0 spiro atoms. The molecule has 7 nitrogen and oxygen atoms in total. The van der Waals surface area contributed by atoms with Crippen molar-refractivity contribution in [3.8, 4) is 17.2 Å². The summed E-state index contributed by atoms with van der Waals surface area (Å²) in [6, 6.07) is 12.3. The van der Waals surface area contributed by atoms with E-state index in [9.17, 15) is 9.59 Å². The van der Waals surface area contributed by atoms with Crippen LogP contribution in [-0.4, -0.2) is 38.7 Å². The fraction of sp³-hybridized carbons (Fsp3) is 0.333. The number of carbonyl (C=O) groups excluding carboxylic acids is 2. The van der Waals surface area contributed by atoms with Gasteiger partial charge in [-0.1, -0.05) is 19.4 Å². The fourth-order valence-electron chi connectivity index (χ4n) is 2.62. The van der Waals surface area contributed by atoms with Gasteiger partial charge in [0.05, 0.1) is 13.7 Å². The summed E-state index contributed by atoms with van der Waals surface area (Å²) < 4.78 is 16.5. The Bertz CT molecular complexity index is 878. The molecular weight excluding hydrogens is 396 g/mol. The average molecular weight is 427 g/mol. The van der Waals surface area contributed by atoms with Crippen LogP contribution < -0.4 is 24.8 Å². The molecule has 0 heterocycles. The number of methoxy groups -OCH3 is 1. The maximum atomic E-state index is 12.2. The van der Waals surface area contributed by atoms with Crippen LogP contribution in [0.2, 0.25) is 0 Å². The van der Waals surface area contributed by atoms with Gasteiger partial charge in [0.25, 0.3) is 5.91 Å². The van der Waals surface area contributed by atoms with E-state index in [2.05, 4.69) is 17.6 Å². The van der Waals surface area contributed by atoms with E-state index in [0.717, 1.165) is 18.4 Å². The van der Waals surface area contributed by atoms with Crippen LogP contribution in [0, 0.1) is 0 Å².